The Kier molecular flexibility index (Phi) is 7.54. The van der Waals surface area contributed by atoms with E-state index in [-0.39, 0.29) is 52.8 Å². The van der Waals surface area contributed by atoms with E-state index in [2.05, 4.69) is 0 Å². The maximum absolute atomic E-state index is 13.4. The van der Waals surface area contributed by atoms with Gasteiger partial charge in [0.2, 0.25) is 15.9 Å². The van der Waals surface area contributed by atoms with Gasteiger partial charge in [-0.25, -0.2) is 8.42 Å². The monoisotopic (exact) mass is 558 g/mol. The lowest BCUT2D eigenvalue weighted by molar-refractivity contribution is -0.137. The van der Waals surface area contributed by atoms with Crippen molar-refractivity contribution in [1.82, 2.24) is 9.62 Å². The molecule has 1 amide bonds. The summed E-state index contributed by atoms with van der Waals surface area (Å²) in [5, 5.41) is 0.406. The van der Waals surface area contributed by atoms with Gasteiger partial charge in [0.05, 0.1) is 33.7 Å². The number of hydrogen-bond acceptors (Lipinski definition) is 7. The molecule has 1 N–H and O–H groups in total. The molecule has 1 aliphatic heterocycles. The third-order valence-electron chi connectivity index (χ3n) is 5.88. The van der Waals surface area contributed by atoms with Crippen LogP contribution in [-0.2, 0) is 21.0 Å². The Morgan fingerprint density at radius 2 is 2.00 bits per heavy atom. The number of benzene rings is 2. The molecule has 1 saturated heterocycles. The number of sulfonamides is 1. The first-order chi connectivity index (χ1) is 17.3. The van der Waals surface area contributed by atoms with E-state index in [4.69, 9.17) is 20.8 Å². The predicted molar refractivity (Wildman–Crippen MR) is 131 cm³/mol. The minimum atomic E-state index is -4.63. The molecular weight excluding hydrogens is 537 g/mol. The van der Waals surface area contributed by atoms with Crippen LogP contribution in [0.25, 0.3) is 22.3 Å². The quantitative estimate of drug-likeness (QED) is 0.469. The third-order valence-corrected chi connectivity index (χ3v) is 6.74. The molecule has 0 aliphatic carbocycles. The number of nitrogens with one attached hydrogen (secondary N) is 1. The van der Waals surface area contributed by atoms with Crippen LogP contribution in [0.4, 0.5) is 13.2 Å². The zero-order chi connectivity index (χ0) is 27.0. The highest BCUT2D eigenvalue weighted by atomic mass is 35.5. The van der Waals surface area contributed by atoms with Crippen LogP contribution in [0.2, 0.25) is 5.02 Å². The van der Waals surface area contributed by atoms with Gasteiger partial charge in [-0.2, -0.15) is 13.2 Å². The fraction of sp³-hybridized carbons (Fsp3) is 0.333. The van der Waals surface area contributed by atoms with Crippen molar-refractivity contribution in [2.24, 2.45) is 5.92 Å². The van der Waals surface area contributed by atoms with E-state index >= 15 is 0 Å². The van der Waals surface area contributed by atoms with Crippen molar-refractivity contribution in [1.29, 1.82) is 0 Å². The van der Waals surface area contributed by atoms with Crippen LogP contribution in [0.1, 0.15) is 12.0 Å². The predicted octanol–water partition coefficient (Wildman–Crippen LogP) is 3.91. The van der Waals surface area contributed by atoms with Gasteiger partial charge in [-0.05, 0) is 43.3 Å². The molecule has 1 aliphatic rings. The highest BCUT2D eigenvalue weighted by Crippen LogP contribution is 2.38. The number of amides is 1. The van der Waals surface area contributed by atoms with Crippen molar-refractivity contribution in [2.45, 2.75) is 12.6 Å². The molecule has 0 unspecified atom stereocenters. The van der Waals surface area contributed by atoms with Gasteiger partial charge in [0.15, 0.2) is 11.0 Å². The second-order valence-electron chi connectivity index (χ2n) is 8.67. The molecular formula is C24H22ClF3N2O6S. The van der Waals surface area contributed by atoms with Gasteiger partial charge in [-0.15, -0.1) is 0 Å². The van der Waals surface area contributed by atoms with Crippen molar-refractivity contribution in [2.75, 3.05) is 32.5 Å². The van der Waals surface area contributed by atoms with Crippen LogP contribution in [0.3, 0.4) is 0 Å². The second kappa shape index (κ2) is 10.3. The highest BCUT2D eigenvalue weighted by Gasteiger charge is 2.32. The largest absolute Gasteiger partial charge is 0.491 e. The Morgan fingerprint density at radius 3 is 2.70 bits per heavy atom. The fourth-order valence-corrected chi connectivity index (χ4v) is 4.84. The van der Waals surface area contributed by atoms with E-state index in [1.807, 2.05) is 9.62 Å². The number of alkyl halides is 3. The molecule has 37 heavy (non-hydrogen) atoms. The van der Waals surface area contributed by atoms with Gasteiger partial charge in [0.25, 0.3) is 0 Å². The second-order valence-corrected chi connectivity index (χ2v) is 10.8. The first-order valence-corrected chi connectivity index (χ1v) is 13.4. The van der Waals surface area contributed by atoms with Crippen molar-refractivity contribution >= 4 is 38.5 Å². The highest BCUT2D eigenvalue weighted by molar-refractivity contribution is 7.89. The Hall–Kier alpha value is -3.09. The van der Waals surface area contributed by atoms with Gasteiger partial charge >= 0.3 is 6.18 Å². The summed E-state index contributed by atoms with van der Waals surface area (Å²) >= 11 is 6.16. The average Bonchev–Trinajstić information content (AvgIpc) is 3.27. The Balaban J connectivity index is 1.55. The van der Waals surface area contributed by atoms with Crippen LogP contribution in [-0.4, -0.2) is 51.7 Å². The van der Waals surface area contributed by atoms with Crippen LogP contribution >= 0.6 is 11.6 Å². The molecule has 8 nitrogen and oxygen atoms in total. The molecule has 0 saturated carbocycles. The number of carbonyl (C=O) groups excluding carboxylic acids is 1. The molecule has 4 rings (SSSR count). The molecule has 0 bridgehead atoms. The van der Waals surface area contributed by atoms with E-state index < -0.39 is 39.0 Å². The van der Waals surface area contributed by atoms with E-state index in [0.29, 0.717) is 13.0 Å². The molecule has 3 aromatic rings. The number of ether oxygens (including phenoxy) is 1. The first-order valence-electron chi connectivity index (χ1n) is 11.1. The number of likely N-dealkylation sites (tertiary alicyclic amines) is 1. The maximum Gasteiger partial charge on any atom is 0.416 e. The Bertz CT molecular complexity index is 1510. The third kappa shape index (κ3) is 6.43. The lowest BCUT2D eigenvalue weighted by atomic mass is 10.1. The fourth-order valence-electron chi connectivity index (χ4n) is 4.10. The van der Waals surface area contributed by atoms with Gasteiger partial charge in [-0.1, -0.05) is 17.7 Å². The zero-order valence-corrected chi connectivity index (χ0v) is 21.0. The topological polar surface area (TPSA) is 106 Å². The minimum Gasteiger partial charge on any atom is -0.491 e. The van der Waals surface area contributed by atoms with Crippen molar-refractivity contribution < 1.29 is 35.5 Å². The zero-order valence-electron chi connectivity index (χ0n) is 19.5. The molecule has 0 spiro atoms. The van der Waals surface area contributed by atoms with Crippen LogP contribution < -0.4 is 14.9 Å². The molecule has 2 aromatic carbocycles. The van der Waals surface area contributed by atoms with E-state index in [1.54, 1.807) is 6.07 Å². The van der Waals surface area contributed by atoms with Crippen LogP contribution in [0.5, 0.6) is 5.75 Å². The SMILES string of the molecule is CS(=O)(=O)NC(=O)[C@@H]1CCN(CCOc2cc(C(F)(F)F)ccc2-c2cc(=O)c3cccc(Cl)c3o2)C1. The average molecular weight is 559 g/mol. The van der Waals surface area contributed by atoms with Crippen molar-refractivity contribution in [3.8, 4) is 17.1 Å². The van der Waals surface area contributed by atoms with E-state index in [0.717, 1.165) is 18.4 Å². The molecule has 1 aromatic heterocycles. The minimum absolute atomic E-state index is 0.00647. The lowest BCUT2D eigenvalue weighted by Gasteiger charge is -2.18. The van der Waals surface area contributed by atoms with Gasteiger partial charge < -0.3 is 9.15 Å². The Morgan fingerprint density at radius 1 is 1.24 bits per heavy atom. The van der Waals surface area contributed by atoms with E-state index in [9.17, 15) is 31.2 Å². The summed E-state index contributed by atoms with van der Waals surface area (Å²) in [6.45, 7) is 0.996. The summed E-state index contributed by atoms with van der Waals surface area (Å²) < 4.78 is 76.2. The van der Waals surface area contributed by atoms with Crippen LogP contribution in [0.15, 0.2) is 51.7 Å². The number of nitrogens with zero attached hydrogens (tertiary/aromatic N) is 1. The van der Waals surface area contributed by atoms with E-state index in [1.165, 1.54) is 24.3 Å². The van der Waals surface area contributed by atoms with Gasteiger partial charge in [0, 0.05) is 19.2 Å². The molecule has 0 radical (unpaired) electrons. The molecule has 13 heteroatoms. The maximum atomic E-state index is 13.4. The summed E-state index contributed by atoms with van der Waals surface area (Å²) in [5.74, 6) is -1.28. The molecule has 1 fully saturated rings. The summed E-state index contributed by atoms with van der Waals surface area (Å²) in [5.41, 5.74) is -1.11. The van der Waals surface area contributed by atoms with Crippen molar-refractivity contribution in [3.63, 3.8) is 0 Å². The molecule has 198 valence electrons. The summed E-state index contributed by atoms with van der Waals surface area (Å²) in [7, 11) is -3.67. The number of fused-ring (bicyclic) bond motifs is 1. The summed E-state index contributed by atoms with van der Waals surface area (Å²) in [6, 6.07) is 8.67. The Labute approximate surface area is 215 Å². The lowest BCUT2D eigenvalue weighted by Crippen LogP contribution is -2.36. The number of halogens is 4. The van der Waals surface area contributed by atoms with Crippen LogP contribution in [0, 0.1) is 5.92 Å². The first kappa shape index (κ1) is 27.0. The van der Waals surface area contributed by atoms with Gasteiger partial charge in [-0.3, -0.25) is 19.2 Å². The number of rotatable bonds is 7. The standard InChI is InChI=1S/C24H22ClF3N2O6S/c1-37(33,34)29-23(32)14-7-8-30(13-14)9-10-35-20-11-15(24(26,27)28)5-6-17(20)21-12-19(31)16-3-2-4-18(25)22(16)36-21/h2-6,11-12,14H,7-10,13H2,1H3,(H,29,32)/t14-/m1/s1. The number of carbonyl (C=O) groups is 1. The van der Waals surface area contributed by atoms with Gasteiger partial charge in [0.1, 0.15) is 18.1 Å². The smallest absolute Gasteiger partial charge is 0.416 e. The normalized spacial score (nSPS) is 16.7. The molecule has 1 atom stereocenters. The summed E-state index contributed by atoms with van der Waals surface area (Å²) in [6.07, 6.45) is -3.30. The number of hydrogen-bond donors (Lipinski definition) is 1. The number of para-hydroxylation sites is 1. The van der Waals surface area contributed by atoms with Crippen molar-refractivity contribution in [3.05, 3.63) is 63.3 Å². The summed E-state index contributed by atoms with van der Waals surface area (Å²) in [4.78, 5) is 26.5. The molecule has 2 heterocycles.